The Balaban J connectivity index is 2.45. The van der Waals surface area contributed by atoms with E-state index in [1.54, 1.807) is 0 Å². The minimum atomic E-state index is 0.199. The van der Waals surface area contributed by atoms with Crippen molar-refractivity contribution in [1.29, 1.82) is 0 Å². The maximum absolute atomic E-state index is 6.20. The van der Waals surface area contributed by atoms with Crippen LogP contribution in [0.25, 0.3) is 0 Å². The monoisotopic (exact) mass is 207 g/mol. The number of nitrogens with two attached hydrogens (primary N) is 1. The van der Waals surface area contributed by atoms with Crippen LogP contribution >= 0.6 is 0 Å². The Hall–Kier alpha value is -0.960. The largest absolute Gasteiger partial charge is 0.324 e. The third-order valence-electron chi connectivity index (χ3n) is 3.25. The third-order valence-corrected chi connectivity index (χ3v) is 3.25. The summed E-state index contributed by atoms with van der Waals surface area (Å²) in [6, 6.07) is 2.36. The minimum absolute atomic E-state index is 0.199. The van der Waals surface area contributed by atoms with Crippen LogP contribution in [0.15, 0.2) is 12.3 Å². The van der Waals surface area contributed by atoms with E-state index in [1.807, 2.05) is 0 Å². The lowest BCUT2D eigenvalue weighted by Gasteiger charge is -2.35. The fourth-order valence-electron chi connectivity index (χ4n) is 2.60. The number of fused-ring (bicyclic) bond motifs is 1. The highest BCUT2D eigenvalue weighted by Gasteiger charge is 2.32. The summed E-state index contributed by atoms with van der Waals surface area (Å²) in [4.78, 5) is 0. The molecule has 0 aliphatic heterocycles. The first-order valence-corrected chi connectivity index (χ1v) is 5.54. The van der Waals surface area contributed by atoms with Crippen LogP contribution in [-0.4, -0.2) is 18.8 Å². The molecule has 0 radical (unpaired) electrons. The molecule has 2 N–H and O–H groups in total. The second kappa shape index (κ2) is 3.27. The number of hydrogen-bond donors (Lipinski definition) is 1. The molecular weight excluding hydrogens is 186 g/mol. The fraction of sp³-hybridized carbons (Fsp3) is 0.667. The van der Waals surface area contributed by atoms with Gasteiger partial charge in [-0.2, -0.15) is 0 Å². The van der Waals surface area contributed by atoms with Gasteiger partial charge in [-0.1, -0.05) is 13.8 Å². The highest BCUT2D eigenvalue weighted by Crippen LogP contribution is 2.39. The van der Waals surface area contributed by atoms with Crippen LogP contribution in [0.1, 0.15) is 37.6 Å². The van der Waals surface area contributed by atoms with Gasteiger partial charge in [-0.05, 0) is 29.9 Å². The normalized spacial score (nSPS) is 23.7. The van der Waals surface area contributed by atoms with Gasteiger partial charge < -0.3 is 10.7 Å². The molecule has 1 aliphatic rings. The Labute approximate surface area is 91.8 Å². The van der Waals surface area contributed by atoms with Crippen LogP contribution in [0.4, 0.5) is 0 Å². The van der Waals surface area contributed by atoms with Crippen LogP contribution in [-0.2, 0) is 6.42 Å². The van der Waals surface area contributed by atoms with E-state index in [0.29, 0.717) is 5.41 Å². The van der Waals surface area contributed by atoms with Gasteiger partial charge in [-0.15, -0.1) is 0 Å². The molecule has 1 aliphatic carbocycles. The smallest absolute Gasteiger partial charge is 0.0449 e. The molecule has 0 saturated carbocycles. The van der Waals surface area contributed by atoms with Crippen molar-refractivity contribution in [3.8, 4) is 0 Å². The molecule has 1 heterocycles. The molecule has 0 fully saturated rings. The van der Waals surface area contributed by atoms with E-state index in [1.165, 1.54) is 11.3 Å². The van der Waals surface area contributed by atoms with E-state index in [9.17, 15) is 0 Å². The molecule has 0 bridgehead atoms. The molecule has 0 saturated heterocycles. The molecule has 1 atom stereocenters. The van der Waals surface area contributed by atoms with Gasteiger partial charge in [0.15, 0.2) is 0 Å². The SMILES string of the molecule is CN(C)n1ccc2c1CC(C)(C)CC2N. The molecule has 0 amide bonds. The van der Waals surface area contributed by atoms with Crippen molar-refractivity contribution < 1.29 is 0 Å². The summed E-state index contributed by atoms with van der Waals surface area (Å²) in [5.74, 6) is 0. The Morgan fingerprint density at radius 1 is 1.47 bits per heavy atom. The molecule has 15 heavy (non-hydrogen) atoms. The fourth-order valence-corrected chi connectivity index (χ4v) is 2.60. The number of nitrogens with zero attached hydrogens (tertiary/aromatic N) is 2. The molecule has 1 aromatic rings. The maximum Gasteiger partial charge on any atom is 0.0449 e. The van der Waals surface area contributed by atoms with Crippen molar-refractivity contribution in [2.24, 2.45) is 11.1 Å². The zero-order valence-electron chi connectivity index (χ0n) is 10.1. The van der Waals surface area contributed by atoms with Crippen LogP contribution in [0.5, 0.6) is 0 Å². The topological polar surface area (TPSA) is 34.2 Å². The summed E-state index contributed by atoms with van der Waals surface area (Å²) < 4.78 is 2.20. The van der Waals surface area contributed by atoms with Crippen LogP contribution in [0.3, 0.4) is 0 Å². The van der Waals surface area contributed by atoms with Gasteiger partial charge in [0.2, 0.25) is 0 Å². The lowest BCUT2D eigenvalue weighted by atomic mass is 9.75. The van der Waals surface area contributed by atoms with Crippen molar-refractivity contribution in [1.82, 2.24) is 4.68 Å². The molecule has 1 unspecified atom stereocenters. The standard InChI is InChI=1S/C12H21N3/c1-12(2)7-10(13)9-5-6-15(14(3)4)11(9)8-12/h5-6,10H,7-8,13H2,1-4H3. The Morgan fingerprint density at radius 3 is 2.73 bits per heavy atom. The number of aromatic nitrogens is 1. The first-order valence-electron chi connectivity index (χ1n) is 5.54. The molecule has 0 spiro atoms. The first kappa shape index (κ1) is 10.6. The third kappa shape index (κ3) is 1.76. The van der Waals surface area contributed by atoms with Gasteiger partial charge in [0.25, 0.3) is 0 Å². The van der Waals surface area contributed by atoms with Crippen molar-refractivity contribution >= 4 is 0 Å². The molecule has 3 heteroatoms. The average molecular weight is 207 g/mol. The molecular formula is C12H21N3. The zero-order valence-corrected chi connectivity index (χ0v) is 10.1. The van der Waals surface area contributed by atoms with Gasteiger partial charge in [-0.25, -0.2) is 0 Å². The van der Waals surface area contributed by atoms with Gasteiger partial charge in [0.1, 0.15) is 0 Å². The summed E-state index contributed by atoms with van der Waals surface area (Å²) in [5.41, 5.74) is 9.22. The maximum atomic E-state index is 6.20. The van der Waals surface area contributed by atoms with Crippen molar-refractivity contribution in [3.05, 3.63) is 23.5 Å². The molecule has 3 nitrogen and oxygen atoms in total. The van der Waals surface area contributed by atoms with E-state index in [2.05, 4.69) is 49.9 Å². The Kier molecular flexibility index (Phi) is 2.30. The number of rotatable bonds is 1. The van der Waals surface area contributed by atoms with Crippen molar-refractivity contribution in [2.45, 2.75) is 32.7 Å². The summed E-state index contributed by atoms with van der Waals surface area (Å²) in [5, 5.41) is 2.10. The average Bonchev–Trinajstić information content (AvgIpc) is 2.45. The van der Waals surface area contributed by atoms with E-state index < -0.39 is 0 Å². The Bertz CT molecular complexity index is 349. The van der Waals surface area contributed by atoms with Gasteiger partial charge in [0.05, 0.1) is 0 Å². The predicted molar refractivity (Wildman–Crippen MR) is 63.5 cm³/mol. The second-order valence-corrected chi connectivity index (χ2v) is 5.56. The molecule has 2 rings (SSSR count). The van der Waals surface area contributed by atoms with E-state index in [4.69, 9.17) is 5.73 Å². The van der Waals surface area contributed by atoms with Gasteiger partial charge in [-0.3, -0.25) is 4.68 Å². The van der Waals surface area contributed by atoms with Gasteiger partial charge in [0, 0.05) is 32.0 Å². The number of hydrogen-bond acceptors (Lipinski definition) is 2. The Morgan fingerprint density at radius 2 is 2.13 bits per heavy atom. The highest BCUT2D eigenvalue weighted by molar-refractivity contribution is 5.31. The zero-order chi connectivity index (χ0) is 11.2. The van der Waals surface area contributed by atoms with Gasteiger partial charge >= 0.3 is 0 Å². The molecule has 0 aromatic carbocycles. The summed E-state index contributed by atoms with van der Waals surface area (Å²) in [7, 11) is 4.13. The van der Waals surface area contributed by atoms with Crippen LogP contribution in [0, 0.1) is 5.41 Å². The second-order valence-electron chi connectivity index (χ2n) is 5.56. The summed E-state index contributed by atoms with van der Waals surface area (Å²) >= 11 is 0. The van der Waals surface area contributed by atoms with Crippen molar-refractivity contribution in [2.75, 3.05) is 19.1 Å². The molecule has 84 valence electrons. The van der Waals surface area contributed by atoms with E-state index in [-0.39, 0.29) is 6.04 Å². The summed E-state index contributed by atoms with van der Waals surface area (Å²) in [6.45, 7) is 4.59. The first-order chi connectivity index (χ1) is 6.91. The lowest BCUT2D eigenvalue weighted by molar-refractivity contribution is 0.275. The van der Waals surface area contributed by atoms with E-state index >= 15 is 0 Å². The van der Waals surface area contributed by atoms with Crippen molar-refractivity contribution in [3.63, 3.8) is 0 Å². The molecule has 1 aromatic heterocycles. The quantitative estimate of drug-likeness (QED) is 0.760. The highest BCUT2D eigenvalue weighted by atomic mass is 15.5. The summed E-state index contributed by atoms with van der Waals surface area (Å²) in [6.07, 6.45) is 4.31. The van der Waals surface area contributed by atoms with Crippen LogP contribution in [0.2, 0.25) is 0 Å². The lowest BCUT2D eigenvalue weighted by Crippen LogP contribution is -2.34. The van der Waals surface area contributed by atoms with E-state index in [0.717, 1.165) is 12.8 Å². The minimum Gasteiger partial charge on any atom is -0.324 e. The predicted octanol–water partition coefficient (Wildman–Crippen LogP) is 1.66. The van der Waals surface area contributed by atoms with Crippen LogP contribution < -0.4 is 10.7 Å².